The van der Waals surface area contributed by atoms with E-state index in [9.17, 15) is 0 Å². The Morgan fingerprint density at radius 2 is 0.843 bits per heavy atom. The predicted octanol–water partition coefficient (Wildman–Crippen LogP) is 12.7. The first kappa shape index (κ1) is 28.3. The molecule has 10 aromatic rings. The van der Waals surface area contributed by atoms with E-state index in [0.29, 0.717) is 0 Å². The normalized spacial score (nSPS) is 13.4. The molecule has 0 aliphatic heterocycles. The molecule has 0 saturated carbocycles. The maximum absolute atomic E-state index is 2.49. The van der Waals surface area contributed by atoms with Crippen molar-refractivity contribution in [3.8, 4) is 17.1 Å². The lowest BCUT2D eigenvalue weighted by molar-refractivity contribution is 1.05. The fourth-order valence-corrected chi connectivity index (χ4v) is 8.73. The summed E-state index contributed by atoms with van der Waals surface area (Å²) in [6, 6.07) is 58.1. The fraction of sp³-hybridized carbons (Fsp3) is 0.0417. The van der Waals surface area contributed by atoms with Crippen LogP contribution in [0.5, 0.6) is 0 Å². The van der Waals surface area contributed by atoms with Crippen molar-refractivity contribution in [3.05, 3.63) is 182 Å². The summed E-state index contributed by atoms with van der Waals surface area (Å²) in [5.41, 5.74) is 13.4. The zero-order valence-electron chi connectivity index (χ0n) is 28.0. The maximum Gasteiger partial charge on any atom is 0.0562 e. The molecular formula is C48H33N3. The molecule has 1 aliphatic rings. The largest absolute Gasteiger partial charge is 0.309 e. The molecule has 3 heteroatoms. The van der Waals surface area contributed by atoms with Gasteiger partial charge in [-0.3, -0.25) is 0 Å². The Kier molecular flexibility index (Phi) is 6.08. The Balaban J connectivity index is 1.25. The average Bonchev–Trinajstić information content (AvgIpc) is 3.84. The van der Waals surface area contributed by atoms with Crippen molar-refractivity contribution in [2.75, 3.05) is 0 Å². The molecule has 3 aromatic heterocycles. The molecule has 7 aromatic carbocycles. The summed E-state index contributed by atoms with van der Waals surface area (Å²) in [6.07, 6.45) is 8.86. The van der Waals surface area contributed by atoms with Crippen molar-refractivity contribution in [2.24, 2.45) is 0 Å². The second kappa shape index (κ2) is 11.0. The minimum atomic E-state index is 1.03. The fourth-order valence-electron chi connectivity index (χ4n) is 8.73. The summed E-state index contributed by atoms with van der Waals surface area (Å²) in [5, 5.41) is 7.58. The molecule has 0 radical (unpaired) electrons. The van der Waals surface area contributed by atoms with Crippen molar-refractivity contribution in [1.82, 2.24) is 13.7 Å². The SMILES string of the molecule is C1=CCCC(c2cc(-n3c4ccccc4c4ccccc43)cc(-n3c4ccccc4c4c(-n5c6ccccc6c6ccccc65)cccc43)c2)=C1. The lowest BCUT2D eigenvalue weighted by atomic mass is 9.96. The summed E-state index contributed by atoms with van der Waals surface area (Å²) in [7, 11) is 0. The molecule has 0 fully saturated rings. The van der Waals surface area contributed by atoms with Crippen molar-refractivity contribution >= 4 is 71.0 Å². The van der Waals surface area contributed by atoms with E-state index in [-0.39, 0.29) is 0 Å². The molecule has 11 rings (SSSR count). The molecular weight excluding hydrogens is 619 g/mol. The summed E-state index contributed by atoms with van der Waals surface area (Å²) < 4.78 is 7.40. The predicted molar refractivity (Wildman–Crippen MR) is 216 cm³/mol. The molecule has 0 amide bonds. The maximum atomic E-state index is 2.49. The minimum Gasteiger partial charge on any atom is -0.309 e. The Labute approximate surface area is 295 Å². The van der Waals surface area contributed by atoms with Crippen molar-refractivity contribution in [1.29, 1.82) is 0 Å². The first-order chi connectivity index (χ1) is 25.3. The zero-order chi connectivity index (χ0) is 33.5. The van der Waals surface area contributed by atoms with E-state index in [2.05, 4.69) is 190 Å². The van der Waals surface area contributed by atoms with Crippen LogP contribution in [0.3, 0.4) is 0 Å². The average molecular weight is 652 g/mol. The molecule has 3 nitrogen and oxygen atoms in total. The number of fused-ring (bicyclic) bond motifs is 9. The number of allylic oxidation sites excluding steroid dienone is 4. The van der Waals surface area contributed by atoms with Crippen LogP contribution >= 0.6 is 0 Å². The van der Waals surface area contributed by atoms with Gasteiger partial charge in [0.25, 0.3) is 0 Å². The molecule has 3 heterocycles. The lowest BCUT2D eigenvalue weighted by Gasteiger charge is -2.18. The molecule has 240 valence electrons. The number of rotatable bonds is 4. The standard InChI is InChI=1S/C48H33N3/c1-2-15-32(16-3-1)33-29-34(49-41-22-9-4-17-36(41)37-18-5-10-23-42(37)49)31-35(30-33)50-45-26-13-8-21-40(45)48-46(50)27-14-28-47(48)51-43-24-11-6-19-38(43)39-20-7-12-25-44(39)51/h1-2,4-15,17-31H,3,16H2. The Morgan fingerprint density at radius 1 is 0.392 bits per heavy atom. The summed E-state index contributed by atoms with van der Waals surface area (Å²) in [6.45, 7) is 0. The van der Waals surface area contributed by atoms with Gasteiger partial charge in [0.2, 0.25) is 0 Å². The Hall–Kier alpha value is -6.58. The van der Waals surface area contributed by atoms with Crippen molar-refractivity contribution in [3.63, 3.8) is 0 Å². The number of aromatic nitrogens is 3. The summed E-state index contributed by atoms with van der Waals surface area (Å²) >= 11 is 0. The van der Waals surface area contributed by atoms with Crippen molar-refractivity contribution < 1.29 is 0 Å². The number of hydrogen-bond acceptors (Lipinski definition) is 0. The van der Waals surface area contributed by atoms with Crippen LogP contribution in [0, 0.1) is 0 Å². The topological polar surface area (TPSA) is 14.8 Å². The van der Waals surface area contributed by atoms with Gasteiger partial charge in [-0.25, -0.2) is 0 Å². The van der Waals surface area contributed by atoms with Gasteiger partial charge in [-0.05, 0) is 84.6 Å². The van der Waals surface area contributed by atoms with Crippen LogP contribution in [0.1, 0.15) is 18.4 Å². The third kappa shape index (κ3) is 4.12. The molecule has 1 aliphatic carbocycles. The van der Waals surface area contributed by atoms with Crippen LogP contribution in [0.4, 0.5) is 0 Å². The highest BCUT2D eigenvalue weighted by atomic mass is 15.0. The van der Waals surface area contributed by atoms with E-state index < -0.39 is 0 Å². The molecule has 51 heavy (non-hydrogen) atoms. The quantitative estimate of drug-likeness (QED) is 0.180. The van der Waals surface area contributed by atoms with Crippen LogP contribution in [0.2, 0.25) is 0 Å². The highest BCUT2D eigenvalue weighted by Gasteiger charge is 2.21. The third-order valence-electron chi connectivity index (χ3n) is 10.9. The number of para-hydroxylation sites is 5. The summed E-state index contributed by atoms with van der Waals surface area (Å²) in [5.74, 6) is 0. The first-order valence-corrected chi connectivity index (χ1v) is 17.8. The van der Waals surface area contributed by atoms with Crippen LogP contribution in [-0.2, 0) is 0 Å². The molecule has 0 unspecified atom stereocenters. The second-order valence-electron chi connectivity index (χ2n) is 13.7. The van der Waals surface area contributed by atoms with E-state index in [1.165, 1.54) is 87.9 Å². The van der Waals surface area contributed by atoms with E-state index in [1.807, 2.05) is 0 Å². The van der Waals surface area contributed by atoms with E-state index in [0.717, 1.165) is 18.5 Å². The van der Waals surface area contributed by atoms with Crippen LogP contribution < -0.4 is 0 Å². The van der Waals surface area contributed by atoms with Gasteiger partial charge in [-0.15, -0.1) is 0 Å². The Bertz CT molecular complexity index is 2980. The molecule has 0 N–H and O–H groups in total. The van der Waals surface area contributed by atoms with Gasteiger partial charge in [0, 0.05) is 43.7 Å². The van der Waals surface area contributed by atoms with Crippen LogP contribution in [-0.4, -0.2) is 13.7 Å². The monoisotopic (exact) mass is 651 g/mol. The van der Waals surface area contributed by atoms with Gasteiger partial charge >= 0.3 is 0 Å². The minimum absolute atomic E-state index is 1.03. The first-order valence-electron chi connectivity index (χ1n) is 17.8. The number of hydrogen-bond donors (Lipinski definition) is 0. The number of benzene rings is 7. The molecule has 0 saturated heterocycles. The van der Waals surface area contributed by atoms with Gasteiger partial charge in [0.15, 0.2) is 0 Å². The second-order valence-corrected chi connectivity index (χ2v) is 13.7. The highest BCUT2D eigenvalue weighted by molar-refractivity contribution is 6.16. The lowest BCUT2D eigenvalue weighted by Crippen LogP contribution is -2.02. The van der Waals surface area contributed by atoms with Crippen LogP contribution in [0.15, 0.2) is 176 Å². The highest BCUT2D eigenvalue weighted by Crippen LogP contribution is 2.41. The molecule has 0 atom stereocenters. The van der Waals surface area contributed by atoms with Crippen molar-refractivity contribution in [2.45, 2.75) is 12.8 Å². The van der Waals surface area contributed by atoms with Gasteiger partial charge < -0.3 is 13.7 Å². The van der Waals surface area contributed by atoms with Gasteiger partial charge in [0.1, 0.15) is 0 Å². The molecule has 0 bridgehead atoms. The van der Waals surface area contributed by atoms with Gasteiger partial charge in [-0.2, -0.15) is 0 Å². The van der Waals surface area contributed by atoms with E-state index in [1.54, 1.807) is 0 Å². The van der Waals surface area contributed by atoms with Gasteiger partial charge in [-0.1, -0.05) is 115 Å². The number of nitrogens with zero attached hydrogens (tertiary/aromatic N) is 3. The third-order valence-corrected chi connectivity index (χ3v) is 10.9. The zero-order valence-corrected chi connectivity index (χ0v) is 28.0. The Morgan fingerprint density at radius 3 is 1.37 bits per heavy atom. The van der Waals surface area contributed by atoms with Gasteiger partial charge in [0.05, 0.1) is 38.8 Å². The van der Waals surface area contributed by atoms with E-state index >= 15 is 0 Å². The molecule has 0 spiro atoms. The van der Waals surface area contributed by atoms with Crippen LogP contribution in [0.25, 0.3) is 88.1 Å². The smallest absolute Gasteiger partial charge is 0.0562 e. The van der Waals surface area contributed by atoms with E-state index in [4.69, 9.17) is 0 Å². The summed E-state index contributed by atoms with van der Waals surface area (Å²) in [4.78, 5) is 0.